The van der Waals surface area contributed by atoms with Crippen molar-refractivity contribution in [2.24, 2.45) is 7.05 Å². The molecule has 8 heteroatoms. The number of nitrogens with zero attached hydrogens (tertiary/aromatic N) is 3. The van der Waals surface area contributed by atoms with Crippen molar-refractivity contribution < 1.29 is 14.2 Å². The molecule has 2 fully saturated rings. The molecule has 0 bridgehead atoms. The summed E-state index contributed by atoms with van der Waals surface area (Å²) in [6.07, 6.45) is 2.73. The van der Waals surface area contributed by atoms with E-state index in [9.17, 15) is 14.3 Å². The van der Waals surface area contributed by atoms with Crippen LogP contribution in [0.3, 0.4) is 0 Å². The average molecular weight is 495 g/mol. The first-order chi connectivity index (χ1) is 17.3. The van der Waals surface area contributed by atoms with Crippen LogP contribution in [0.25, 0.3) is 10.9 Å². The summed E-state index contributed by atoms with van der Waals surface area (Å²) in [6.45, 7) is 6.75. The highest BCUT2D eigenvalue weighted by molar-refractivity contribution is 5.83. The summed E-state index contributed by atoms with van der Waals surface area (Å²) in [5.74, 6) is 0.709. The first kappa shape index (κ1) is 24.7. The van der Waals surface area contributed by atoms with Gasteiger partial charge in [0.25, 0.3) is 5.56 Å². The van der Waals surface area contributed by atoms with E-state index in [0.717, 1.165) is 46.7 Å². The second-order valence-corrected chi connectivity index (χ2v) is 10.2. The highest BCUT2D eigenvalue weighted by atomic mass is 19.1. The van der Waals surface area contributed by atoms with Crippen LogP contribution in [0.1, 0.15) is 61.5 Å². The van der Waals surface area contributed by atoms with Crippen molar-refractivity contribution in [2.45, 2.75) is 57.6 Å². The molecule has 0 aliphatic carbocycles. The number of hydrogen-bond acceptors (Lipinski definition) is 6. The number of nitrogens with one attached hydrogen (secondary N) is 1. The van der Waals surface area contributed by atoms with Gasteiger partial charge < -0.3 is 20.1 Å². The summed E-state index contributed by atoms with van der Waals surface area (Å²) in [4.78, 5) is 20.6. The van der Waals surface area contributed by atoms with Gasteiger partial charge in [-0.1, -0.05) is 6.07 Å². The Balaban J connectivity index is 1.54. The van der Waals surface area contributed by atoms with Crippen LogP contribution >= 0.6 is 0 Å². The van der Waals surface area contributed by atoms with Crippen LogP contribution in [-0.4, -0.2) is 47.1 Å². The number of aryl methyl sites for hydroxylation is 1. The number of piperidine rings is 1. The molecule has 2 aromatic carbocycles. The van der Waals surface area contributed by atoms with Crippen molar-refractivity contribution in [3.05, 3.63) is 63.5 Å². The lowest BCUT2D eigenvalue weighted by molar-refractivity contribution is 0.0828. The minimum Gasteiger partial charge on any atom is -0.393 e. The molecule has 36 heavy (non-hydrogen) atoms. The number of aliphatic hydroxyl groups excluding tert-OH is 1. The molecular weight excluding hydrogens is 459 g/mol. The molecule has 2 saturated heterocycles. The maximum atomic E-state index is 14.2. The second-order valence-electron chi connectivity index (χ2n) is 10.2. The molecular formula is C28H35FN4O3. The minimum absolute atomic E-state index is 0.0343. The molecule has 0 saturated carbocycles. The number of hydrogen-bond donors (Lipinski definition) is 2. The zero-order valence-corrected chi connectivity index (χ0v) is 21.3. The minimum atomic E-state index is -0.303. The van der Waals surface area contributed by atoms with Gasteiger partial charge >= 0.3 is 0 Å². The normalized spacial score (nSPS) is 18.5. The number of aliphatic hydroxyl groups is 1. The van der Waals surface area contributed by atoms with Crippen molar-refractivity contribution >= 4 is 22.3 Å². The largest absolute Gasteiger partial charge is 0.393 e. The Morgan fingerprint density at radius 1 is 1.14 bits per heavy atom. The van der Waals surface area contributed by atoms with Crippen LogP contribution < -0.4 is 15.8 Å². The highest BCUT2D eigenvalue weighted by Gasteiger charge is 2.25. The molecule has 192 valence electrons. The Labute approximate surface area is 210 Å². The van der Waals surface area contributed by atoms with Gasteiger partial charge in [-0.05, 0) is 69.4 Å². The number of fused-ring (bicyclic) bond motifs is 1. The molecule has 1 unspecified atom stereocenters. The van der Waals surface area contributed by atoms with Crippen molar-refractivity contribution in [2.75, 3.05) is 36.5 Å². The van der Waals surface area contributed by atoms with Crippen molar-refractivity contribution in [3.63, 3.8) is 0 Å². The van der Waals surface area contributed by atoms with Gasteiger partial charge in [0.05, 0.1) is 34.4 Å². The van der Waals surface area contributed by atoms with Crippen molar-refractivity contribution in [1.29, 1.82) is 0 Å². The van der Waals surface area contributed by atoms with E-state index < -0.39 is 0 Å². The van der Waals surface area contributed by atoms with Gasteiger partial charge in [0.15, 0.2) is 0 Å². The fraction of sp³-hybridized carbons (Fsp3) is 0.500. The molecule has 5 rings (SSSR count). The molecule has 3 heterocycles. The van der Waals surface area contributed by atoms with Crippen LogP contribution in [0.4, 0.5) is 15.8 Å². The molecule has 3 aromatic rings. The maximum absolute atomic E-state index is 14.2. The molecule has 7 nitrogen and oxygen atoms in total. The third-order valence-corrected chi connectivity index (χ3v) is 7.58. The topological polar surface area (TPSA) is 79.6 Å². The van der Waals surface area contributed by atoms with Crippen LogP contribution in [0.2, 0.25) is 0 Å². The van der Waals surface area contributed by atoms with E-state index >= 15 is 0 Å². The predicted octanol–water partition coefficient (Wildman–Crippen LogP) is 4.41. The third-order valence-electron chi connectivity index (χ3n) is 7.58. The van der Waals surface area contributed by atoms with Gasteiger partial charge in [0, 0.05) is 44.8 Å². The number of rotatable bonds is 5. The van der Waals surface area contributed by atoms with Crippen molar-refractivity contribution in [3.8, 4) is 0 Å². The number of anilines is 2. The van der Waals surface area contributed by atoms with Gasteiger partial charge in [-0.15, -0.1) is 0 Å². The predicted molar refractivity (Wildman–Crippen MR) is 140 cm³/mol. The Kier molecular flexibility index (Phi) is 6.99. The molecule has 0 radical (unpaired) electrons. The lowest BCUT2D eigenvalue weighted by atomic mass is 9.97. The first-order valence-electron chi connectivity index (χ1n) is 12.9. The molecule has 2 aliphatic rings. The zero-order valence-electron chi connectivity index (χ0n) is 21.3. The Hall–Kier alpha value is -2.97. The van der Waals surface area contributed by atoms with Gasteiger partial charge in [0.1, 0.15) is 11.6 Å². The van der Waals surface area contributed by atoms with Gasteiger partial charge in [0.2, 0.25) is 0 Å². The van der Waals surface area contributed by atoms with Gasteiger partial charge in [-0.3, -0.25) is 9.36 Å². The molecule has 0 amide bonds. The summed E-state index contributed by atoms with van der Waals surface area (Å²) in [5.41, 5.74) is 4.23. The summed E-state index contributed by atoms with van der Waals surface area (Å²) in [5, 5.41) is 14.1. The van der Waals surface area contributed by atoms with E-state index in [1.165, 1.54) is 6.07 Å². The van der Waals surface area contributed by atoms with E-state index in [1.807, 2.05) is 20.0 Å². The first-order valence-corrected chi connectivity index (χ1v) is 12.9. The Bertz CT molecular complexity index is 1310. The van der Waals surface area contributed by atoms with E-state index in [2.05, 4.69) is 23.2 Å². The summed E-state index contributed by atoms with van der Waals surface area (Å²) >= 11 is 0. The van der Waals surface area contributed by atoms with E-state index in [1.54, 1.807) is 16.7 Å². The van der Waals surface area contributed by atoms with Crippen LogP contribution in [-0.2, 0) is 11.8 Å². The standard InChI is InChI=1S/C28H35FN4O3/c1-17-14-22(26-23(15-17)28(35)32(3)27(31-26)19-8-12-36-13-9-19)18(2)30-24-5-4-20(29)16-25(24)33-10-6-21(34)7-11-33/h4-5,14-16,18-19,21,30,34H,6-13H2,1-3H3. The third kappa shape index (κ3) is 4.84. The van der Waals surface area contributed by atoms with E-state index in [4.69, 9.17) is 9.72 Å². The van der Waals surface area contributed by atoms with E-state index in [0.29, 0.717) is 44.5 Å². The number of aromatic nitrogens is 2. The fourth-order valence-corrected chi connectivity index (χ4v) is 5.53. The van der Waals surface area contributed by atoms with Crippen LogP contribution in [0.15, 0.2) is 35.1 Å². The SMILES string of the molecule is Cc1cc(C(C)Nc2ccc(F)cc2N2CCC(O)CC2)c2nc(C3CCOCC3)n(C)c(=O)c2c1. The Morgan fingerprint density at radius 3 is 2.58 bits per heavy atom. The number of halogens is 1. The quantitative estimate of drug-likeness (QED) is 0.547. The highest BCUT2D eigenvalue weighted by Crippen LogP contribution is 2.34. The molecule has 0 spiro atoms. The van der Waals surface area contributed by atoms with Crippen LogP contribution in [0.5, 0.6) is 0 Å². The average Bonchev–Trinajstić information content (AvgIpc) is 2.88. The molecule has 2 N–H and O–H groups in total. The van der Waals surface area contributed by atoms with Gasteiger partial charge in [-0.2, -0.15) is 0 Å². The smallest absolute Gasteiger partial charge is 0.261 e. The summed E-state index contributed by atoms with van der Waals surface area (Å²) in [7, 11) is 1.81. The summed E-state index contributed by atoms with van der Waals surface area (Å²) in [6, 6.07) is 8.61. The van der Waals surface area contributed by atoms with Crippen molar-refractivity contribution in [1.82, 2.24) is 9.55 Å². The molecule has 1 aromatic heterocycles. The lowest BCUT2D eigenvalue weighted by Gasteiger charge is -2.33. The Morgan fingerprint density at radius 2 is 1.86 bits per heavy atom. The molecule has 2 aliphatic heterocycles. The van der Waals surface area contributed by atoms with E-state index in [-0.39, 0.29) is 29.4 Å². The zero-order chi connectivity index (χ0) is 25.4. The monoisotopic (exact) mass is 494 g/mol. The van der Waals surface area contributed by atoms with Gasteiger partial charge in [-0.25, -0.2) is 9.37 Å². The number of ether oxygens (including phenoxy) is 1. The summed E-state index contributed by atoms with van der Waals surface area (Å²) < 4.78 is 21.5. The molecule has 1 atom stereocenters. The van der Waals surface area contributed by atoms with Crippen LogP contribution in [0, 0.1) is 12.7 Å². The number of benzene rings is 2. The second kappa shape index (κ2) is 10.2. The lowest BCUT2D eigenvalue weighted by Crippen LogP contribution is -2.36. The fourth-order valence-electron chi connectivity index (χ4n) is 5.53. The maximum Gasteiger partial charge on any atom is 0.261 e.